The van der Waals surface area contributed by atoms with Crippen LogP contribution in [0.3, 0.4) is 0 Å². The highest BCUT2D eigenvalue weighted by molar-refractivity contribution is 9.10. The minimum atomic E-state index is -0.532. The average molecular weight is 457 g/mol. The molecule has 3 rings (SSSR count). The number of imide groups is 1. The van der Waals surface area contributed by atoms with Gasteiger partial charge in [0.1, 0.15) is 11.5 Å². The Morgan fingerprint density at radius 2 is 1.88 bits per heavy atom. The van der Waals surface area contributed by atoms with Crippen LogP contribution < -0.4 is 14.4 Å². The Bertz CT molecular complexity index is 876. The van der Waals surface area contributed by atoms with Gasteiger partial charge in [-0.15, -0.1) is 0 Å². The fraction of sp³-hybridized carbons (Fsp3) is 0.222. The van der Waals surface area contributed by atoms with E-state index in [1.54, 1.807) is 44.6 Å². The number of halogens is 2. The first-order valence-corrected chi connectivity index (χ1v) is 9.70. The van der Waals surface area contributed by atoms with Gasteiger partial charge in [0.2, 0.25) is 5.91 Å². The lowest BCUT2D eigenvalue weighted by Gasteiger charge is -2.16. The minimum Gasteiger partial charge on any atom is -0.496 e. The molecule has 1 aliphatic rings. The Morgan fingerprint density at radius 3 is 2.54 bits per heavy atom. The molecule has 0 spiro atoms. The molecule has 0 aliphatic carbocycles. The normalized spacial score (nSPS) is 16.9. The lowest BCUT2D eigenvalue weighted by Crippen LogP contribution is -2.32. The van der Waals surface area contributed by atoms with Crippen molar-refractivity contribution in [3.05, 3.63) is 51.5 Å². The largest absolute Gasteiger partial charge is 0.496 e. The van der Waals surface area contributed by atoms with Gasteiger partial charge in [0.05, 0.1) is 29.6 Å². The molecule has 136 valence electrons. The first-order valence-electron chi connectivity index (χ1n) is 7.65. The summed E-state index contributed by atoms with van der Waals surface area (Å²) in [6.45, 7) is 0. The second kappa shape index (κ2) is 7.90. The van der Waals surface area contributed by atoms with Gasteiger partial charge in [0.15, 0.2) is 0 Å². The molecule has 1 atom stereocenters. The van der Waals surface area contributed by atoms with Crippen LogP contribution in [0.15, 0.2) is 40.9 Å². The molecule has 1 fully saturated rings. The van der Waals surface area contributed by atoms with Crippen molar-refractivity contribution in [2.45, 2.75) is 11.7 Å². The molecular formula is C18H15BrClNO4S. The van der Waals surface area contributed by atoms with Crippen LogP contribution in [0.25, 0.3) is 0 Å². The van der Waals surface area contributed by atoms with E-state index >= 15 is 0 Å². The van der Waals surface area contributed by atoms with Crippen molar-refractivity contribution < 1.29 is 19.1 Å². The maximum atomic E-state index is 12.8. The quantitative estimate of drug-likeness (QED) is 0.638. The summed E-state index contributed by atoms with van der Waals surface area (Å²) in [5, 5.41) is -0.373. The van der Waals surface area contributed by atoms with Crippen molar-refractivity contribution >= 4 is 56.1 Å². The summed E-state index contributed by atoms with van der Waals surface area (Å²) in [4.78, 5) is 26.4. The Hall–Kier alpha value is -1.70. The van der Waals surface area contributed by atoms with E-state index in [1.807, 2.05) is 6.07 Å². The van der Waals surface area contributed by atoms with Gasteiger partial charge in [-0.25, -0.2) is 4.90 Å². The van der Waals surface area contributed by atoms with Gasteiger partial charge in [0.25, 0.3) is 5.24 Å². The van der Waals surface area contributed by atoms with Crippen LogP contribution in [-0.2, 0) is 11.2 Å². The predicted molar refractivity (Wildman–Crippen MR) is 107 cm³/mol. The van der Waals surface area contributed by atoms with Crippen LogP contribution in [-0.4, -0.2) is 30.6 Å². The fourth-order valence-corrected chi connectivity index (χ4v) is 4.47. The SMILES string of the molecule is COc1cc(OC)c(C[C@@H]2SC(=O)N(c3cccc(Cl)c3)C2=O)cc1Br. The molecule has 0 N–H and O–H groups in total. The number of hydrogen-bond acceptors (Lipinski definition) is 5. The maximum Gasteiger partial charge on any atom is 0.293 e. The van der Waals surface area contributed by atoms with Gasteiger partial charge >= 0.3 is 0 Å². The second-order valence-electron chi connectivity index (χ2n) is 5.53. The van der Waals surface area contributed by atoms with Gasteiger partial charge in [-0.2, -0.15) is 0 Å². The number of nitrogens with zero attached hydrogens (tertiary/aromatic N) is 1. The van der Waals surface area contributed by atoms with Crippen molar-refractivity contribution in [2.75, 3.05) is 19.1 Å². The summed E-state index contributed by atoms with van der Waals surface area (Å²) in [5.74, 6) is 0.969. The van der Waals surface area contributed by atoms with E-state index in [0.29, 0.717) is 28.6 Å². The highest BCUT2D eigenvalue weighted by Gasteiger charge is 2.41. The summed E-state index contributed by atoms with van der Waals surface area (Å²) >= 11 is 10.4. The molecule has 8 heteroatoms. The topological polar surface area (TPSA) is 55.8 Å². The molecule has 0 bridgehead atoms. The number of carbonyl (C=O) groups excluding carboxylic acids is 2. The summed E-state index contributed by atoms with van der Waals surface area (Å²) in [7, 11) is 3.12. The molecule has 0 saturated carbocycles. The number of ether oxygens (including phenoxy) is 2. The Kier molecular flexibility index (Phi) is 5.79. The van der Waals surface area contributed by atoms with Gasteiger partial charge in [0, 0.05) is 11.1 Å². The summed E-state index contributed by atoms with van der Waals surface area (Å²) in [6, 6.07) is 10.3. The van der Waals surface area contributed by atoms with Crippen molar-refractivity contribution in [1.29, 1.82) is 0 Å². The number of benzene rings is 2. The van der Waals surface area contributed by atoms with Crippen LogP contribution in [0, 0.1) is 0 Å². The number of rotatable bonds is 5. The Labute approximate surface area is 168 Å². The summed E-state index contributed by atoms with van der Waals surface area (Å²) in [6.07, 6.45) is 0.359. The van der Waals surface area contributed by atoms with Gasteiger partial charge in [-0.1, -0.05) is 29.4 Å². The number of thioether (sulfide) groups is 1. The van der Waals surface area contributed by atoms with Crippen molar-refractivity contribution in [3.8, 4) is 11.5 Å². The molecule has 1 heterocycles. The van der Waals surface area contributed by atoms with Crippen molar-refractivity contribution in [2.24, 2.45) is 0 Å². The first kappa shape index (κ1) is 19.1. The second-order valence-corrected chi connectivity index (χ2v) is 7.97. The van der Waals surface area contributed by atoms with Gasteiger partial charge < -0.3 is 9.47 Å². The van der Waals surface area contributed by atoms with E-state index in [4.69, 9.17) is 21.1 Å². The van der Waals surface area contributed by atoms with E-state index in [9.17, 15) is 9.59 Å². The highest BCUT2D eigenvalue weighted by atomic mass is 79.9. The van der Waals surface area contributed by atoms with E-state index in [-0.39, 0.29) is 11.1 Å². The third kappa shape index (κ3) is 3.70. The average Bonchev–Trinajstić information content (AvgIpc) is 2.89. The van der Waals surface area contributed by atoms with Crippen molar-refractivity contribution in [1.82, 2.24) is 0 Å². The van der Waals surface area contributed by atoms with Crippen molar-refractivity contribution in [3.63, 3.8) is 0 Å². The zero-order chi connectivity index (χ0) is 18.8. The first-order chi connectivity index (χ1) is 12.4. The number of carbonyl (C=O) groups is 2. The summed E-state index contributed by atoms with van der Waals surface area (Å²) in [5.41, 5.74) is 1.29. The van der Waals surface area contributed by atoms with E-state index in [1.165, 1.54) is 4.90 Å². The molecule has 5 nitrogen and oxygen atoms in total. The smallest absolute Gasteiger partial charge is 0.293 e. The van der Waals surface area contributed by atoms with E-state index in [0.717, 1.165) is 21.8 Å². The number of methoxy groups -OCH3 is 2. The minimum absolute atomic E-state index is 0.267. The van der Waals surface area contributed by atoms with Crippen LogP contribution in [0.2, 0.25) is 5.02 Å². The number of hydrogen-bond donors (Lipinski definition) is 0. The van der Waals surface area contributed by atoms with Crippen LogP contribution >= 0.6 is 39.3 Å². The van der Waals surface area contributed by atoms with Gasteiger partial charge in [-0.3, -0.25) is 9.59 Å². The predicted octanol–water partition coefficient (Wildman–Crippen LogP) is 4.93. The zero-order valence-corrected chi connectivity index (χ0v) is 17.2. The third-order valence-corrected chi connectivity index (χ3v) is 5.84. The van der Waals surface area contributed by atoms with Gasteiger partial charge in [-0.05, 0) is 52.2 Å². The fourth-order valence-electron chi connectivity index (χ4n) is 2.72. The molecule has 1 aliphatic heterocycles. The molecule has 0 unspecified atom stereocenters. The lowest BCUT2D eigenvalue weighted by atomic mass is 10.1. The highest BCUT2D eigenvalue weighted by Crippen LogP contribution is 2.38. The third-order valence-electron chi connectivity index (χ3n) is 3.95. The standard InChI is InChI=1S/C18H15BrClNO4S/c1-24-14-9-15(25-2)13(19)6-10(14)7-16-17(22)21(18(23)26-16)12-5-3-4-11(20)8-12/h3-6,8-9,16H,7H2,1-2H3/t16-/m0/s1. The molecular weight excluding hydrogens is 442 g/mol. The number of amides is 2. The maximum absolute atomic E-state index is 12.8. The Balaban J connectivity index is 1.87. The molecule has 2 aromatic carbocycles. The van der Waals surface area contributed by atoms with Crippen LogP contribution in [0.4, 0.5) is 10.5 Å². The molecule has 1 saturated heterocycles. The monoisotopic (exact) mass is 455 g/mol. The molecule has 2 aromatic rings. The number of anilines is 1. The van der Waals surface area contributed by atoms with E-state index in [2.05, 4.69) is 15.9 Å². The summed E-state index contributed by atoms with van der Waals surface area (Å²) < 4.78 is 11.4. The van der Waals surface area contributed by atoms with E-state index < -0.39 is 5.25 Å². The molecule has 0 radical (unpaired) electrons. The molecule has 2 amide bonds. The van der Waals surface area contributed by atoms with Crippen LogP contribution in [0.5, 0.6) is 11.5 Å². The Morgan fingerprint density at radius 1 is 1.15 bits per heavy atom. The molecule has 26 heavy (non-hydrogen) atoms. The zero-order valence-electron chi connectivity index (χ0n) is 14.0. The molecule has 0 aromatic heterocycles. The van der Waals surface area contributed by atoms with Crippen LogP contribution in [0.1, 0.15) is 5.56 Å². The lowest BCUT2D eigenvalue weighted by molar-refractivity contribution is -0.117.